The first-order valence-electron chi connectivity index (χ1n) is 6.24. The highest BCUT2D eigenvalue weighted by molar-refractivity contribution is 7.99. The lowest BCUT2D eigenvalue weighted by Gasteiger charge is -2.18. The van der Waals surface area contributed by atoms with Gasteiger partial charge in [-0.15, -0.1) is 0 Å². The van der Waals surface area contributed by atoms with Gasteiger partial charge in [0.1, 0.15) is 6.54 Å². The van der Waals surface area contributed by atoms with E-state index in [9.17, 15) is 9.59 Å². The van der Waals surface area contributed by atoms with Crippen LogP contribution < -0.4 is 0 Å². The number of carbonyl (C=O) groups is 2. The Kier molecular flexibility index (Phi) is 7.03. The number of nitrogens with zero attached hydrogens (tertiary/aromatic N) is 1. The predicted molar refractivity (Wildman–Crippen MR) is 77.4 cm³/mol. The summed E-state index contributed by atoms with van der Waals surface area (Å²) < 4.78 is 0. The number of carbonyl (C=O) groups excluding carboxylic acids is 1. The van der Waals surface area contributed by atoms with Gasteiger partial charge in [-0.25, -0.2) is 0 Å². The van der Waals surface area contributed by atoms with E-state index in [1.807, 2.05) is 18.2 Å². The van der Waals surface area contributed by atoms with Crippen LogP contribution in [-0.2, 0) is 16.0 Å². The maximum Gasteiger partial charge on any atom is 0.323 e. The molecule has 104 valence electrons. The van der Waals surface area contributed by atoms with Crippen molar-refractivity contribution in [3.8, 4) is 0 Å². The summed E-state index contributed by atoms with van der Waals surface area (Å²) in [5, 5.41) is 8.68. The standard InChI is InChI=1S/C14H19NO3S/c1-2-15(10-14(17)18)13(16)11-19-9-8-12-6-4-3-5-7-12/h3-7H,2,8-11H2,1H3,(H,17,18). The third kappa shape index (κ3) is 6.29. The number of aliphatic carboxylic acids is 1. The second-order valence-electron chi connectivity index (χ2n) is 4.09. The molecule has 0 heterocycles. The first kappa shape index (κ1) is 15.6. The van der Waals surface area contributed by atoms with Gasteiger partial charge in [0, 0.05) is 6.54 Å². The molecule has 0 atom stereocenters. The minimum absolute atomic E-state index is 0.108. The van der Waals surface area contributed by atoms with Crippen molar-refractivity contribution < 1.29 is 14.7 Å². The lowest BCUT2D eigenvalue weighted by molar-refractivity contribution is -0.143. The largest absolute Gasteiger partial charge is 0.480 e. The molecule has 0 saturated carbocycles. The number of aryl methyl sites for hydroxylation is 1. The first-order valence-corrected chi connectivity index (χ1v) is 7.40. The number of carboxylic acids is 1. The molecule has 0 saturated heterocycles. The molecular weight excluding hydrogens is 262 g/mol. The topological polar surface area (TPSA) is 57.6 Å². The monoisotopic (exact) mass is 281 g/mol. The zero-order valence-corrected chi connectivity index (χ0v) is 11.9. The van der Waals surface area contributed by atoms with Crippen molar-refractivity contribution in [1.29, 1.82) is 0 Å². The Morgan fingerprint density at radius 2 is 1.95 bits per heavy atom. The molecule has 0 aliphatic rings. The van der Waals surface area contributed by atoms with Crippen LogP contribution in [0.15, 0.2) is 30.3 Å². The van der Waals surface area contributed by atoms with E-state index in [2.05, 4.69) is 12.1 Å². The van der Waals surface area contributed by atoms with Crippen molar-refractivity contribution >= 4 is 23.6 Å². The Labute approximate surface area is 117 Å². The normalized spacial score (nSPS) is 10.2. The van der Waals surface area contributed by atoms with Crippen LogP contribution in [0.25, 0.3) is 0 Å². The highest BCUT2D eigenvalue weighted by Gasteiger charge is 2.14. The average molecular weight is 281 g/mol. The number of hydrogen-bond acceptors (Lipinski definition) is 3. The van der Waals surface area contributed by atoms with E-state index in [1.165, 1.54) is 10.5 Å². The minimum atomic E-state index is -0.968. The first-order chi connectivity index (χ1) is 9.13. The molecule has 0 bridgehead atoms. The van der Waals surface area contributed by atoms with Crippen LogP contribution in [0.4, 0.5) is 0 Å². The van der Waals surface area contributed by atoms with Gasteiger partial charge in [-0.1, -0.05) is 30.3 Å². The molecule has 4 nitrogen and oxygen atoms in total. The summed E-state index contributed by atoms with van der Waals surface area (Å²) in [6.45, 7) is 2.01. The zero-order chi connectivity index (χ0) is 14.1. The molecule has 1 aromatic rings. The van der Waals surface area contributed by atoms with Crippen molar-refractivity contribution in [3.63, 3.8) is 0 Å². The van der Waals surface area contributed by atoms with Gasteiger partial charge in [-0.3, -0.25) is 9.59 Å². The molecule has 0 aliphatic heterocycles. The molecule has 0 unspecified atom stereocenters. The fourth-order valence-corrected chi connectivity index (χ4v) is 2.51. The molecule has 0 aliphatic carbocycles. The molecule has 0 fully saturated rings. The Balaban J connectivity index is 2.24. The molecule has 0 spiro atoms. The van der Waals surface area contributed by atoms with Gasteiger partial charge >= 0.3 is 5.97 Å². The fourth-order valence-electron chi connectivity index (χ4n) is 1.63. The van der Waals surface area contributed by atoms with E-state index in [0.717, 1.165) is 12.2 Å². The van der Waals surface area contributed by atoms with Crippen LogP contribution in [0.2, 0.25) is 0 Å². The van der Waals surface area contributed by atoms with Crippen LogP contribution >= 0.6 is 11.8 Å². The summed E-state index contributed by atoms with van der Waals surface area (Å²) in [4.78, 5) is 23.7. The SMILES string of the molecule is CCN(CC(=O)O)C(=O)CSCCc1ccccc1. The Morgan fingerprint density at radius 3 is 2.53 bits per heavy atom. The van der Waals surface area contributed by atoms with Crippen LogP contribution in [0.3, 0.4) is 0 Å². The number of thioether (sulfide) groups is 1. The lowest BCUT2D eigenvalue weighted by Crippen LogP contribution is -2.36. The third-order valence-electron chi connectivity index (χ3n) is 2.66. The van der Waals surface area contributed by atoms with Gasteiger partial charge in [0.05, 0.1) is 5.75 Å². The quantitative estimate of drug-likeness (QED) is 0.739. The summed E-state index contributed by atoms with van der Waals surface area (Å²) in [6, 6.07) is 10.1. The van der Waals surface area contributed by atoms with Crippen LogP contribution in [-0.4, -0.2) is 46.5 Å². The van der Waals surface area contributed by atoms with Gasteiger partial charge in [0.2, 0.25) is 5.91 Å². The molecule has 0 radical (unpaired) electrons. The number of carboxylic acid groups (broad SMARTS) is 1. The van der Waals surface area contributed by atoms with E-state index in [1.54, 1.807) is 18.7 Å². The molecule has 1 rings (SSSR count). The molecule has 1 aromatic carbocycles. The van der Waals surface area contributed by atoms with E-state index in [0.29, 0.717) is 12.3 Å². The molecule has 1 N–H and O–H groups in total. The highest BCUT2D eigenvalue weighted by atomic mass is 32.2. The second kappa shape index (κ2) is 8.58. The number of amides is 1. The fraction of sp³-hybridized carbons (Fsp3) is 0.429. The van der Waals surface area contributed by atoms with E-state index in [-0.39, 0.29) is 12.5 Å². The van der Waals surface area contributed by atoms with Crippen molar-refractivity contribution in [2.45, 2.75) is 13.3 Å². The maximum atomic E-state index is 11.8. The van der Waals surface area contributed by atoms with E-state index >= 15 is 0 Å². The van der Waals surface area contributed by atoms with E-state index in [4.69, 9.17) is 5.11 Å². The van der Waals surface area contributed by atoms with Gasteiger partial charge in [-0.2, -0.15) is 11.8 Å². The highest BCUT2D eigenvalue weighted by Crippen LogP contribution is 2.08. The summed E-state index contributed by atoms with van der Waals surface area (Å²) in [5.74, 6) is 0.126. The van der Waals surface area contributed by atoms with E-state index < -0.39 is 5.97 Å². The number of benzene rings is 1. The summed E-state index contributed by atoms with van der Waals surface area (Å²) in [5.41, 5.74) is 1.25. The van der Waals surface area contributed by atoms with Crippen LogP contribution in [0.1, 0.15) is 12.5 Å². The molecule has 5 heteroatoms. The van der Waals surface area contributed by atoms with Crippen molar-refractivity contribution in [1.82, 2.24) is 4.90 Å². The maximum absolute atomic E-state index is 11.8. The third-order valence-corrected chi connectivity index (χ3v) is 3.61. The zero-order valence-electron chi connectivity index (χ0n) is 11.0. The molecule has 1 amide bonds. The smallest absolute Gasteiger partial charge is 0.323 e. The number of rotatable bonds is 8. The second-order valence-corrected chi connectivity index (χ2v) is 5.20. The van der Waals surface area contributed by atoms with Crippen LogP contribution in [0, 0.1) is 0 Å². The van der Waals surface area contributed by atoms with Crippen molar-refractivity contribution in [3.05, 3.63) is 35.9 Å². The van der Waals surface area contributed by atoms with Gasteiger partial charge in [0.25, 0.3) is 0 Å². The summed E-state index contributed by atoms with van der Waals surface area (Å²) in [6.07, 6.45) is 0.920. The van der Waals surface area contributed by atoms with Gasteiger partial charge < -0.3 is 10.0 Å². The molecular formula is C14H19NO3S. The number of likely N-dealkylation sites (N-methyl/N-ethyl adjacent to an activating group) is 1. The Bertz CT molecular complexity index is 408. The van der Waals surface area contributed by atoms with Crippen molar-refractivity contribution in [2.75, 3.05) is 24.6 Å². The predicted octanol–water partition coefficient (Wildman–Crippen LogP) is 1.90. The van der Waals surface area contributed by atoms with Crippen molar-refractivity contribution in [2.24, 2.45) is 0 Å². The van der Waals surface area contributed by atoms with Gasteiger partial charge in [-0.05, 0) is 24.7 Å². The Hall–Kier alpha value is -1.49. The van der Waals surface area contributed by atoms with Crippen LogP contribution in [0.5, 0.6) is 0 Å². The van der Waals surface area contributed by atoms with Gasteiger partial charge in [0.15, 0.2) is 0 Å². The average Bonchev–Trinajstić information content (AvgIpc) is 2.41. The lowest BCUT2D eigenvalue weighted by atomic mass is 10.2. The summed E-state index contributed by atoms with van der Waals surface area (Å²) >= 11 is 1.54. The Morgan fingerprint density at radius 1 is 1.26 bits per heavy atom. The molecule has 0 aromatic heterocycles. The number of hydrogen-bond donors (Lipinski definition) is 1. The minimum Gasteiger partial charge on any atom is -0.480 e. The summed E-state index contributed by atoms with van der Waals surface area (Å²) in [7, 11) is 0. The molecule has 19 heavy (non-hydrogen) atoms.